The third-order valence-electron chi connectivity index (χ3n) is 2.94. The zero-order valence-electron chi connectivity index (χ0n) is 10.9. The second-order valence-electron chi connectivity index (χ2n) is 4.36. The van der Waals surface area contributed by atoms with Crippen molar-refractivity contribution in [3.8, 4) is 6.07 Å². The molecule has 0 saturated carbocycles. The fraction of sp³-hybridized carbons (Fsp3) is 0.0667. The number of hydrogen-bond acceptors (Lipinski definition) is 4. The van der Waals surface area contributed by atoms with Crippen molar-refractivity contribution in [2.24, 2.45) is 0 Å². The molecular formula is C15H11NO4S. The van der Waals surface area contributed by atoms with Gasteiger partial charge >= 0.3 is 5.97 Å². The maximum Gasteiger partial charge on any atom is 0.335 e. The van der Waals surface area contributed by atoms with Gasteiger partial charge in [-0.3, -0.25) is 0 Å². The van der Waals surface area contributed by atoms with Crippen LogP contribution in [0.3, 0.4) is 0 Å². The average molecular weight is 301 g/mol. The summed E-state index contributed by atoms with van der Waals surface area (Å²) in [6.45, 7) is 0. The Bertz CT molecular complexity index is 817. The predicted octanol–water partition coefficient (Wildman–Crippen LogP) is 2.23. The molecule has 0 atom stereocenters. The second-order valence-corrected chi connectivity index (χ2v) is 6.35. The summed E-state index contributed by atoms with van der Waals surface area (Å²) in [6, 6.07) is 13.4. The lowest BCUT2D eigenvalue weighted by molar-refractivity contribution is 0.0696. The molecule has 0 radical (unpaired) electrons. The van der Waals surface area contributed by atoms with Gasteiger partial charge in [0.25, 0.3) is 0 Å². The highest BCUT2D eigenvalue weighted by Gasteiger charge is 2.17. The molecule has 0 saturated heterocycles. The molecule has 2 aromatic carbocycles. The maximum absolute atomic E-state index is 12.3. The zero-order valence-corrected chi connectivity index (χ0v) is 11.7. The normalized spacial score (nSPS) is 10.8. The van der Waals surface area contributed by atoms with E-state index in [9.17, 15) is 13.2 Å². The molecule has 0 unspecified atom stereocenters. The highest BCUT2D eigenvalue weighted by atomic mass is 32.2. The molecule has 0 aliphatic carbocycles. The highest BCUT2D eigenvalue weighted by Crippen LogP contribution is 2.19. The first-order valence-electron chi connectivity index (χ1n) is 5.98. The van der Waals surface area contributed by atoms with Crippen LogP contribution in [0.2, 0.25) is 0 Å². The molecule has 0 fully saturated rings. The molecule has 0 spiro atoms. The van der Waals surface area contributed by atoms with Crippen molar-refractivity contribution >= 4 is 15.8 Å². The Labute approximate surface area is 122 Å². The van der Waals surface area contributed by atoms with Gasteiger partial charge in [0, 0.05) is 0 Å². The molecule has 2 rings (SSSR count). The number of nitrogens with zero attached hydrogens (tertiary/aromatic N) is 1. The number of sulfone groups is 1. The largest absolute Gasteiger partial charge is 0.478 e. The van der Waals surface area contributed by atoms with Gasteiger partial charge < -0.3 is 5.11 Å². The summed E-state index contributed by atoms with van der Waals surface area (Å²) in [5.41, 5.74) is 0.747. The molecule has 0 aromatic heterocycles. The molecule has 0 bridgehead atoms. The van der Waals surface area contributed by atoms with Crippen molar-refractivity contribution in [2.75, 3.05) is 0 Å². The van der Waals surface area contributed by atoms with Crippen LogP contribution >= 0.6 is 0 Å². The van der Waals surface area contributed by atoms with Gasteiger partial charge in [0.2, 0.25) is 0 Å². The maximum atomic E-state index is 12.3. The SMILES string of the molecule is N#Cc1ccccc1CS(=O)(=O)c1ccc(C(=O)O)cc1. The number of carboxylic acid groups (broad SMARTS) is 1. The van der Waals surface area contributed by atoms with Crippen LogP contribution in [0, 0.1) is 11.3 Å². The molecule has 5 nitrogen and oxygen atoms in total. The number of benzene rings is 2. The third-order valence-corrected chi connectivity index (χ3v) is 4.63. The number of rotatable bonds is 4. The summed E-state index contributed by atoms with van der Waals surface area (Å²) in [7, 11) is -3.63. The van der Waals surface area contributed by atoms with Gasteiger partial charge in [-0.1, -0.05) is 18.2 Å². The summed E-state index contributed by atoms with van der Waals surface area (Å²) in [6.07, 6.45) is 0. The van der Waals surface area contributed by atoms with E-state index in [2.05, 4.69) is 0 Å². The molecule has 0 aliphatic heterocycles. The first-order chi connectivity index (χ1) is 9.94. The first kappa shape index (κ1) is 14.8. The van der Waals surface area contributed by atoms with Gasteiger partial charge in [-0.05, 0) is 35.9 Å². The van der Waals surface area contributed by atoms with Gasteiger partial charge in [-0.25, -0.2) is 13.2 Å². The van der Waals surface area contributed by atoms with Crippen molar-refractivity contribution in [2.45, 2.75) is 10.6 Å². The number of nitriles is 1. The third kappa shape index (κ3) is 3.27. The smallest absolute Gasteiger partial charge is 0.335 e. The van der Waals surface area contributed by atoms with E-state index in [-0.39, 0.29) is 16.2 Å². The number of aromatic carboxylic acids is 1. The molecule has 0 heterocycles. The lowest BCUT2D eigenvalue weighted by Gasteiger charge is -2.06. The van der Waals surface area contributed by atoms with Crippen molar-refractivity contribution in [3.63, 3.8) is 0 Å². The monoisotopic (exact) mass is 301 g/mol. The lowest BCUT2D eigenvalue weighted by atomic mass is 10.1. The summed E-state index contributed by atoms with van der Waals surface area (Å²) in [5.74, 6) is -1.42. The summed E-state index contributed by atoms with van der Waals surface area (Å²) in [4.78, 5) is 10.8. The number of carbonyl (C=O) groups is 1. The van der Waals surface area contributed by atoms with Gasteiger partial charge in [-0.15, -0.1) is 0 Å². The van der Waals surface area contributed by atoms with Crippen LogP contribution in [0.15, 0.2) is 53.4 Å². The van der Waals surface area contributed by atoms with Gasteiger partial charge in [-0.2, -0.15) is 5.26 Å². The minimum Gasteiger partial charge on any atom is -0.478 e. The summed E-state index contributed by atoms with van der Waals surface area (Å²) >= 11 is 0. The van der Waals surface area contributed by atoms with Crippen LogP contribution in [-0.4, -0.2) is 19.5 Å². The van der Waals surface area contributed by atoms with Crippen LogP contribution < -0.4 is 0 Å². The van der Waals surface area contributed by atoms with Gasteiger partial charge in [0.05, 0.1) is 27.8 Å². The predicted molar refractivity (Wildman–Crippen MR) is 75.4 cm³/mol. The number of carboxylic acids is 1. The Morgan fingerprint density at radius 1 is 1.10 bits per heavy atom. The van der Waals surface area contributed by atoms with E-state index in [1.54, 1.807) is 24.3 Å². The highest BCUT2D eigenvalue weighted by molar-refractivity contribution is 7.90. The molecular weight excluding hydrogens is 290 g/mol. The molecule has 6 heteroatoms. The quantitative estimate of drug-likeness (QED) is 0.934. The van der Waals surface area contributed by atoms with E-state index in [0.717, 1.165) is 0 Å². The van der Waals surface area contributed by atoms with Gasteiger partial charge in [0.15, 0.2) is 9.84 Å². The Hall–Kier alpha value is -2.65. The lowest BCUT2D eigenvalue weighted by Crippen LogP contribution is -2.07. The standard InChI is InChI=1S/C15H11NO4S/c16-9-12-3-1-2-4-13(12)10-21(19,20)14-7-5-11(6-8-14)15(17)18/h1-8H,10H2,(H,17,18). The minimum atomic E-state index is -3.63. The topological polar surface area (TPSA) is 95.2 Å². The molecule has 2 aromatic rings. The van der Waals surface area contributed by atoms with Crippen molar-refractivity contribution < 1.29 is 18.3 Å². The number of hydrogen-bond donors (Lipinski definition) is 1. The Balaban J connectivity index is 2.34. The Kier molecular flexibility index (Phi) is 4.05. The summed E-state index contributed by atoms with van der Waals surface area (Å²) < 4.78 is 24.6. The van der Waals surface area contributed by atoms with E-state index in [0.29, 0.717) is 11.1 Å². The van der Waals surface area contributed by atoms with E-state index >= 15 is 0 Å². The van der Waals surface area contributed by atoms with Crippen LogP contribution in [0.4, 0.5) is 0 Å². The molecule has 21 heavy (non-hydrogen) atoms. The fourth-order valence-electron chi connectivity index (χ4n) is 1.85. The average Bonchev–Trinajstić information content (AvgIpc) is 2.47. The second kappa shape index (κ2) is 5.77. The van der Waals surface area contributed by atoms with Crippen molar-refractivity contribution in [1.29, 1.82) is 5.26 Å². The Morgan fingerprint density at radius 2 is 1.71 bits per heavy atom. The van der Waals surface area contributed by atoms with E-state index in [1.807, 2.05) is 6.07 Å². The summed E-state index contributed by atoms with van der Waals surface area (Å²) in [5, 5.41) is 17.8. The molecule has 0 aliphatic rings. The van der Waals surface area contributed by atoms with Gasteiger partial charge in [0.1, 0.15) is 0 Å². The van der Waals surface area contributed by atoms with E-state index in [1.165, 1.54) is 24.3 Å². The van der Waals surface area contributed by atoms with Crippen LogP contribution in [0.5, 0.6) is 0 Å². The Morgan fingerprint density at radius 3 is 2.29 bits per heavy atom. The van der Waals surface area contributed by atoms with Crippen molar-refractivity contribution in [3.05, 3.63) is 65.2 Å². The molecule has 106 valence electrons. The molecule has 0 amide bonds. The van der Waals surface area contributed by atoms with E-state index in [4.69, 9.17) is 10.4 Å². The van der Waals surface area contributed by atoms with Crippen LogP contribution in [-0.2, 0) is 15.6 Å². The van der Waals surface area contributed by atoms with Crippen molar-refractivity contribution in [1.82, 2.24) is 0 Å². The van der Waals surface area contributed by atoms with E-state index < -0.39 is 15.8 Å². The van der Waals surface area contributed by atoms with Crippen LogP contribution in [0.1, 0.15) is 21.5 Å². The first-order valence-corrected chi connectivity index (χ1v) is 7.63. The molecule has 1 N–H and O–H groups in total. The zero-order chi connectivity index (χ0) is 15.5. The van der Waals surface area contributed by atoms with Crippen LogP contribution in [0.25, 0.3) is 0 Å². The minimum absolute atomic E-state index is 0.0198. The fourth-order valence-corrected chi connectivity index (χ4v) is 3.23.